The SMILES string of the molecule is CC1Oc2ccccc2C=C1C=C1NC(=S)NC1=O. The number of para-hydroxylation sites is 1. The number of rotatable bonds is 1. The van der Waals surface area contributed by atoms with Gasteiger partial charge in [0.1, 0.15) is 17.6 Å². The molecule has 96 valence electrons. The Balaban J connectivity index is 1.97. The van der Waals surface area contributed by atoms with E-state index in [9.17, 15) is 4.79 Å². The van der Waals surface area contributed by atoms with Crippen molar-refractivity contribution in [3.8, 4) is 5.75 Å². The van der Waals surface area contributed by atoms with Gasteiger partial charge in [0.05, 0.1) is 0 Å². The van der Waals surface area contributed by atoms with Crippen LogP contribution in [0.15, 0.2) is 41.6 Å². The Labute approximate surface area is 116 Å². The Morgan fingerprint density at radius 2 is 2.11 bits per heavy atom. The molecule has 0 radical (unpaired) electrons. The van der Waals surface area contributed by atoms with Gasteiger partial charge in [-0.1, -0.05) is 18.2 Å². The minimum absolute atomic E-state index is 0.105. The highest BCUT2D eigenvalue weighted by atomic mass is 32.1. The number of hydrogen-bond donors (Lipinski definition) is 2. The summed E-state index contributed by atoms with van der Waals surface area (Å²) in [5.41, 5.74) is 2.39. The fraction of sp³-hybridized carbons (Fsp3) is 0.143. The van der Waals surface area contributed by atoms with Crippen LogP contribution < -0.4 is 15.4 Å². The first-order chi connectivity index (χ1) is 9.13. The van der Waals surface area contributed by atoms with Gasteiger partial charge >= 0.3 is 0 Å². The summed E-state index contributed by atoms with van der Waals surface area (Å²) >= 11 is 4.90. The Morgan fingerprint density at radius 1 is 1.32 bits per heavy atom. The summed E-state index contributed by atoms with van der Waals surface area (Å²) < 4.78 is 5.81. The van der Waals surface area contributed by atoms with Crippen LogP contribution in [0.2, 0.25) is 0 Å². The second-order valence-corrected chi connectivity index (χ2v) is 4.82. The Hall–Kier alpha value is -2.14. The maximum absolute atomic E-state index is 11.6. The number of thiocarbonyl (C=S) groups is 1. The zero-order valence-electron chi connectivity index (χ0n) is 10.3. The van der Waals surface area contributed by atoms with Gasteiger partial charge in [0.2, 0.25) is 0 Å². The van der Waals surface area contributed by atoms with Crippen LogP contribution in [0, 0.1) is 0 Å². The van der Waals surface area contributed by atoms with Crippen LogP contribution in [0.1, 0.15) is 12.5 Å². The van der Waals surface area contributed by atoms with Gasteiger partial charge in [0.25, 0.3) is 5.91 Å². The molecule has 2 N–H and O–H groups in total. The van der Waals surface area contributed by atoms with Gasteiger partial charge in [-0.15, -0.1) is 0 Å². The molecule has 3 rings (SSSR count). The number of amides is 1. The van der Waals surface area contributed by atoms with E-state index in [1.165, 1.54) is 0 Å². The van der Waals surface area contributed by atoms with Gasteiger partial charge in [0.15, 0.2) is 5.11 Å². The lowest BCUT2D eigenvalue weighted by atomic mass is 10.0. The molecule has 0 spiro atoms. The fourth-order valence-corrected chi connectivity index (χ4v) is 2.27. The van der Waals surface area contributed by atoms with Crippen LogP contribution in [0.25, 0.3) is 6.08 Å². The smallest absolute Gasteiger partial charge is 0.273 e. The molecule has 1 aromatic carbocycles. The summed E-state index contributed by atoms with van der Waals surface area (Å²) in [6, 6.07) is 7.80. The number of fused-ring (bicyclic) bond motifs is 1. The molecule has 0 aliphatic carbocycles. The highest BCUT2D eigenvalue weighted by Gasteiger charge is 2.23. The molecule has 0 saturated carbocycles. The van der Waals surface area contributed by atoms with E-state index in [0.29, 0.717) is 10.8 Å². The summed E-state index contributed by atoms with van der Waals surface area (Å²) in [4.78, 5) is 11.6. The van der Waals surface area contributed by atoms with Gasteiger partial charge in [-0.3, -0.25) is 10.1 Å². The highest BCUT2D eigenvalue weighted by Crippen LogP contribution is 2.30. The number of carbonyl (C=O) groups excluding carboxylic acids is 1. The van der Waals surface area contributed by atoms with Crippen LogP contribution in [0.4, 0.5) is 0 Å². The van der Waals surface area contributed by atoms with Crippen molar-refractivity contribution < 1.29 is 9.53 Å². The molecular formula is C14H12N2O2S. The molecule has 1 unspecified atom stereocenters. The van der Waals surface area contributed by atoms with Crippen LogP contribution in [-0.2, 0) is 4.79 Å². The Morgan fingerprint density at radius 3 is 2.84 bits per heavy atom. The van der Waals surface area contributed by atoms with E-state index >= 15 is 0 Å². The quantitative estimate of drug-likeness (QED) is 0.604. The average Bonchev–Trinajstić information content (AvgIpc) is 2.69. The first-order valence-electron chi connectivity index (χ1n) is 5.95. The second-order valence-electron chi connectivity index (χ2n) is 4.41. The van der Waals surface area contributed by atoms with Gasteiger partial charge in [-0.05, 0) is 42.9 Å². The molecule has 4 nitrogen and oxygen atoms in total. The van der Waals surface area contributed by atoms with Crippen LogP contribution >= 0.6 is 12.2 Å². The number of carbonyl (C=O) groups is 1. The largest absolute Gasteiger partial charge is 0.485 e. The predicted octanol–water partition coefficient (Wildman–Crippen LogP) is 1.74. The number of benzene rings is 1. The molecule has 1 amide bonds. The van der Waals surface area contributed by atoms with Crippen LogP contribution in [0.3, 0.4) is 0 Å². The lowest BCUT2D eigenvalue weighted by molar-refractivity contribution is -0.115. The van der Waals surface area contributed by atoms with E-state index < -0.39 is 0 Å². The molecule has 19 heavy (non-hydrogen) atoms. The van der Waals surface area contributed by atoms with Gasteiger partial charge in [-0.25, -0.2) is 0 Å². The lowest BCUT2D eigenvalue weighted by Crippen LogP contribution is -2.21. The van der Waals surface area contributed by atoms with Crippen molar-refractivity contribution in [3.63, 3.8) is 0 Å². The van der Waals surface area contributed by atoms with Crippen molar-refractivity contribution >= 4 is 29.3 Å². The molecule has 2 heterocycles. The molecule has 1 saturated heterocycles. The molecular weight excluding hydrogens is 260 g/mol. The normalized spacial score (nSPS) is 23.3. The molecule has 1 atom stereocenters. The second kappa shape index (κ2) is 4.51. The third kappa shape index (κ3) is 2.24. The third-order valence-electron chi connectivity index (χ3n) is 3.05. The summed E-state index contributed by atoms with van der Waals surface area (Å²) in [6.45, 7) is 1.95. The number of hydrogen-bond acceptors (Lipinski definition) is 3. The molecule has 2 aliphatic heterocycles. The van der Waals surface area contributed by atoms with Crippen molar-refractivity contribution in [1.82, 2.24) is 10.6 Å². The highest BCUT2D eigenvalue weighted by molar-refractivity contribution is 7.80. The molecule has 2 aliphatic rings. The minimum atomic E-state index is -0.211. The van der Waals surface area contributed by atoms with Crippen LogP contribution in [0.5, 0.6) is 5.75 Å². The van der Waals surface area contributed by atoms with E-state index in [1.54, 1.807) is 6.08 Å². The zero-order chi connectivity index (χ0) is 13.4. The number of ether oxygens (including phenoxy) is 1. The topological polar surface area (TPSA) is 50.4 Å². The summed E-state index contributed by atoms with van der Waals surface area (Å²) in [6.07, 6.45) is 3.69. The first kappa shape index (κ1) is 11.9. The van der Waals surface area contributed by atoms with E-state index in [-0.39, 0.29) is 12.0 Å². The summed E-state index contributed by atoms with van der Waals surface area (Å²) in [5.74, 6) is 0.647. The van der Waals surface area contributed by atoms with Gasteiger partial charge < -0.3 is 10.1 Å². The van der Waals surface area contributed by atoms with E-state index in [1.807, 2.05) is 37.3 Å². The van der Waals surface area contributed by atoms with Crippen molar-refractivity contribution in [2.24, 2.45) is 0 Å². The minimum Gasteiger partial charge on any atom is -0.485 e. The van der Waals surface area contributed by atoms with Gasteiger partial charge in [-0.2, -0.15) is 0 Å². The van der Waals surface area contributed by atoms with Crippen LogP contribution in [-0.4, -0.2) is 17.1 Å². The molecule has 0 aromatic heterocycles. The predicted molar refractivity (Wildman–Crippen MR) is 76.5 cm³/mol. The molecule has 1 fully saturated rings. The fourth-order valence-electron chi connectivity index (χ4n) is 2.07. The monoisotopic (exact) mass is 272 g/mol. The van der Waals surface area contributed by atoms with Crippen molar-refractivity contribution in [3.05, 3.63) is 47.2 Å². The zero-order valence-corrected chi connectivity index (χ0v) is 11.1. The molecule has 0 bridgehead atoms. The van der Waals surface area contributed by atoms with E-state index in [4.69, 9.17) is 17.0 Å². The Bertz CT molecular complexity index is 634. The molecule has 1 aromatic rings. The lowest BCUT2D eigenvalue weighted by Gasteiger charge is -2.22. The maximum Gasteiger partial charge on any atom is 0.273 e. The van der Waals surface area contributed by atoms with Crippen molar-refractivity contribution in [2.45, 2.75) is 13.0 Å². The average molecular weight is 272 g/mol. The summed E-state index contributed by atoms with van der Waals surface area (Å²) in [5, 5.41) is 5.70. The van der Waals surface area contributed by atoms with Gasteiger partial charge in [0, 0.05) is 5.56 Å². The third-order valence-corrected chi connectivity index (χ3v) is 3.25. The summed E-state index contributed by atoms with van der Waals surface area (Å²) in [7, 11) is 0. The Kier molecular flexibility index (Phi) is 2.83. The maximum atomic E-state index is 11.6. The molecule has 5 heteroatoms. The van der Waals surface area contributed by atoms with Crippen molar-refractivity contribution in [2.75, 3.05) is 0 Å². The standard InChI is InChI=1S/C14H12N2O2S/c1-8-10(7-11-13(17)16-14(19)15-11)6-9-4-2-3-5-12(9)18-8/h2-8H,1H3,(H2,15,16,17,19). The van der Waals surface area contributed by atoms with Crippen molar-refractivity contribution in [1.29, 1.82) is 0 Å². The number of nitrogens with one attached hydrogen (secondary N) is 2. The first-order valence-corrected chi connectivity index (χ1v) is 6.35. The van der Waals surface area contributed by atoms with E-state index in [0.717, 1.165) is 16.9 Å². The van der Waals surface area contributed by atoms with E-state index in [2.05, 4.69) is 10.6 Å².